The third-order valence-electron chi connectivity index (χ3n) is 3.52. The number of nitrogens with zero attached hydrogens (tertiary/aromatic N) is 1. The van der Waals surface area contributed by atoms with E-state index >= 15 is 0 Å². The Morgan fingerprint density at radius 3 is 2.85 bits per heavy atom. The van der Waals surface area contributed by atoms with Gasteiger partial charge in [0.25, 0.3) is 0 Å². The Morgan fingerprint density at radius 2 is 2.10 bits per heavy atom. The minimum absolute atomic E-state index is 0.0621. The van der Waals surface area contributed by atoms with Crippen LogP contribution in [0.15, 0.2) is 30.5 Å². The Labute approximate surface area is 120 Å². The van der Waals surface area contributed by atoms with Crippen molar-refractivity contribution < 1.29 is 4.79 Å². The normalized spacial score (nSPS) is 12.6. The van der Waals surface area contributed by atoms with E-state index in [1.165, 1.54) is 16.5 Å². The number of carbonyl (C=O) groups excluding carboxylic acids is 1. The molecule has 1 aromatic heterocycles. The van der Waals surface area contributed by atoms with Crippen molar-refractivity contribution in [1.29, 1.82) is 0 Å². The number of aryl methyl sites for hydroxylation is 1. The lowest BCUT2D eigenvalue weighted by molar-refractivity contribution is -0.122. The second-order valence-corrected chi connectivity index (χ2v) is 5.18. The van der Waals surface area contributed by atoms with E-state index in [0.717, 1.165) is 13.0 Å². The van der Waals surface area contributed by atoms with Crippen molar-refractivity contribution in [2.45, 2.75) is 32.9 Å². The van der Waals surface area contributed by atoms with Crippen molar-refractivity contribution in [1.82, 2.24) is 15.2 Å². The molecule has 0 saturated carbocycles. The van der Waals surface area contributed by atoms with Gasteiger partial charge in [-0.15, -0.1) is 0 Å². The summed E-state index contributed by atoms with van der Waals surface area (Å²) in [5.41, 5.74) is 2.44. The maximum atomic E-state index is 11.8. The molecule has 4 nitrogen and oxygen atoms in total. The van der Waals surface area contributed by atoms with E-state index in [0.29, 0.717) is 6.54 Å². The predicted octanol–water partition coefficient (Wildman–Crippen LogP) is 2.18. The van der Waals surface area contributed by atoms with Crippen molar-refractivity contribution in [3.05, 3.63) is 36.0 Å². The molecule has 108 valence electrons. The molecule has 0 aliphatic rings. The predicted molar refractivity (Wildman–Crippen MR) is 82.5 cm³/mol. The van der Waals surface area contributed by atoms with Gasteiger partial charge in [-0.05, 0) is 25.0 Å². The lowest BCUT2D eigenvalue weighted by atomic mass is 10.1. The second kappa shape index (κ2) is 6.57. The molecule has 0 bridgehead atoms. The summed E-state index contributed by atoms with van der Waals surface area (Å²) < 4.78 is 2.12. The first-order valence-electron chi connectivity index (χ1n) is 7.17. The summed E-state index contributed by atoms with van der Waals surface area (Å²) in [6, 6.07) is 8.13. The summed E-state index contributed by atoms with van der Waals surface area (Å²) in [4.78, 5) is 11.8. The van der Waals surface area contributed by atoms with Crippen LogP contribution < -0.4 is 10.6 Å². The van der Waals surface area contributed by atoms with Gasteiger partial charge in [-0.25, -0.2) is 0 Å². The highest BCUT2D eigenvalue weighted by Crippen LogP contribution is 2.19. The van der Waals surface area contributed by atoms with E-state index in [9.17, 15) is 4.79 Å². The first-order valence-corrected chi connectivity index (χ1v) is 7.17. The quantitative estimate of drug-likeness (QED) is 0.847. The molecule has 0 fully saturated rings. The molecule has 0 saturated heterocycles. The number of para-hydroxylation sites is 1. The van der Waals surface area contributed by atoms with Crippen molar-refractivity contribution in [2.24, 2.45) is 7.05 Å². The van der Waals surface area contributed by atoms with Crippen LogP contribution in [0.25, 0.3) is 10.9 Å². The summed E-state index contributed by atoms with van der Waals surface area (Å²) in [5, 5.41) is 7.43. The Kier molecular flexibility index (Phi) is 4.79. The van der Waals surface area contributed by atoms with Gasteiger partial charge in [0, 0.05) is 37.2 Å². The van der Waals surface area contributed by atoms with Crippen LogP contribution in [0, 0.1) is 0 Å². The first kappa shape index (κ1) is 14.6. The van der Waals surface area contributed by atoms with Crippen molar-refractivity contribution in [3.8, 4) is 0 Å². The second-order valence-electron chi connectivity index (χ2n) is 5.18. The molecule has 2 N–H and O–H groups in total. The van der Waals surface area contributed by atoms with Gasteiger partial charge in [0.05, 0.1) is 6.04 Å². The van der Waals surface area contributed by atoms with E-state index in [1.54, 1.807) is 0 Å². The smallest absolute Gasteiger partial charge is 0.236 e. The molecule has 0 radical (unpaired) electrons. The van der Waals surface area contributed by atoms with Crippen LogP contribution in [0.3, 0.4) is 0 Å². The van der Waals surface area contributed by atoms with Crippen LogP contribution in [-0.2, 0) is 18.4 Å². The zero-order chi connectivity index (χ0) is 14.5. The summed E-state index contributed by atoms with van der Waals surface area (Å²) in [7, 11) is 2.04. The molecule has 1 atom stereocenters. The molecule has 2 rings (SSSR count). The first-order chi connectivity index (χ1) is 9.63. The largest absolute Gasteiger partial charge is 0.355 e. The summed E-state index contributed by atoms with van der Waals surface area (Å²) in [5.74, 6) is 0.0621. The summed E-state index contributed by atoms with van der Waals surface area (Å²) in [6.45, 7) is 5.38. The molecule has 2 aromatic rings. The standard InChI is InChI=1S/C16H23N3O/c1-4-9-17-16(20)12(2)18-10-13-11-19(3)15-8-6-5-7-14(13)15/h5-8,11-12,18H,4,9-10H2,1-3H3,(H,17,20). The fourth-order valence-corrected chi connectivity index (χ4v) is 2.32. The minimum Gasteiger partial charge on any atom is -0.355 e. The van der Waals surface area contributed by atoms with Crippen molar-refractivity contribution in [3.63, 3.8) is 0 Å². The van der Waals surface area contributed by atoms with Crippen LogP contribution in [0.4, 0.5) is 0 Å². The molecule has 4 heteroatoms. The third kappa shape index (κ3) is 3.20. The number of carbonyl (C=O) groups is 1. The summed E-state index contributed by atoms with van der Waals surface area (Å²) in [6.07, 6.45) is 3.08. The zero-order valence-electron chi connectivity index (χ0n) is 12.4. The lowest BCUT2D eigenvalue weighted by Gasteiger charge is -2.13. The fourth-order valence-electron chi connectivity index (χ4n) is 2.32. The number of nitrogens with one attached hydrogen (secondary N) is 2. The molecule has 1 heterocycles. The molecule has 0 aliphatic heterocycles. The number of aromatic nitrogens is 1. The zero-order valence-corrected chi connectivity index (χ0v) is 12.4. The van der Waals surface area contributed by atoms with Gasteiger partial charge in [0.2, 0.25) is 5.91 Å². The molecule has 1 amide bonds. The molecular formula is C16H23N3O. The van der Waals surface area contributed by atoms with Gasteiger partial charge < -0.3 is 15.2 Å². The van der Waals surface area contributed by atoms with E-state index in [2.05, 4.69) is 40.5 Å². The van der Waals surface area contributed by atoms with E-state index < -0.39 is 0 Å². The van der Waals surface area contributed by atoms with E-state index in [-0.39, 0.29) is 11.9 Å². The van der Waals surface area contributed by atoms with Crippen molar-refractivity contribution in [2.75, 3.05) is 6.54 Å². The number of hydrogen-bond acceptors (Lipinski definition) is 2. The van der Waals surface area contributed by atoms with Crippen LogP contribution in [0.5, 0.6) is 0 Å². The SMILES string of the molecule is CCCNC(=O)C(C)NCc1cn(C)c2ccccc12. The Hall–Kier alpha value is -1.81. The van der Waals surface area contributed by atoms with E-state index in [1.807, 2.05) is 26.1 Å². The average molecular weight is 273 g/mol. The monoisotopic (exact) mass is 273 g/mol. The Bertz CT molecular complexity index is 588. The maximum Gasteiger partial charge on any atom is 0.236 e. The highest BCUT2D eigenvalue weighted by molar-refractivity contribution is 5.84. The number of hydrogen-bond donors (Lipinski definition) is 2. The van der Waals surface area contributed by atoms with Gasteiger partial charge in [-0.3, -0.25) is 4.79 Å². The number of benzene rings is 1. The van der Waals surface area contributed by atoms with Crippen LogP contribution >= 0.6 is 0 Å². The van der Waals surface area contributed by atoms with Crippen molar-refractivity contribution >= 4 is 16.8 Å². The highest BCUT2D eigenvalue weighted by atomic mass is 16.2. The molecule has 20 heavy (non-hydrogen) atoms. The minimum atomic E-state index is -0.180. The number of rotatable bonds is 6. The molecular weight excluding hydrogens is 250 g/mol. The highest BCUT2D eigenvalue weighted by Gasteiger charge is 2.12. The van der Waals surface area contributed by atoms with Gasteiger partial charge in [0.15, 0.2) is 0 Å². The summed E-state index contributed by atoms with van der Waals surface area (Å²) >= 11 is 0. The molecule has 0 spiro atoms. The average Bonchev–Trinajstić information content (AvgIpc) is 2.79. The molecule has 0 aliphatic carbocycles. The lowest BCUT2D eigenvalue weighted by Crippen LogP contribution is -2.42. The molecule has 1 unspecified atom stereocenters. The Balaban J connectivity index is 2.01. The Morgan fingerprint density at radius 1 is 1.35 bits per heavy atom. The number of amides is 1. The molecule has 1 aromatic carbocycles. The maximum absolute atomic E-state index is 11.8. The topological polar surface area (TPSA) is 46.1 Å². The van der Waals surface area contributed by atoms with E-state index in [4.69, 9.17) is 0 Å². The van der Waals surface area contributed by atoms with Gasteiger partial charge >= 0.3 is 0 Å². The fraction of sp³-hybridized carbons (Fsp3) is 0.438. The van der Waals surface area contributed by atoms with Crippen LogP contribution in [-0.4, -0.2) is 23.1 Å². The number of fused-ring (bicyclic) bond motifs is 1. The van der Waals surface area contributed by atoms with Gasteiger partial charge in [0.1, 0.15) is 0 Å². The van der Waals surface area contributed by atoms with Crippen LogP contribution in [0.2, 0.25) is 0 Å². The third-order valence-corrected chi connectivity index (χ3v) is 3.52. The van der Waals surface area contributed by atoms with Gasteiger partial charge in [-0.2, -0.15) is 0 Å². The van der Waals surface area contributed by atoms with Gasteiger partial charge in [-0.1, -0.05) is 25.1 Å². The van der Waals surface area contributed by atoms with Crippen LogP contribution in [0.1, 0.15) is 25.8 Å².